The number of hydrogen-bond donors (Lipinski definition) is 9. The van der Waals surface area contributed by atoms with Crippen molar-refractivity contribution in [3.63, 3.8) is 0 Å². The zero-order valence-corrected chi connectivity index (χ0v) is 47.8. The summed E-state index contributed by atoms with van der Waals surface area (Å²) in [4.78, 5) is 141. The number of nitrogens with one attached hydrogen (secondary N) is 9. The molecule has 0 aliphatic carbocycles. The summed E-state index contributed by atoms with van der Waals surface area (Å²) < 4.78 is 0. The normalized spacial score (nSPS) is 14.5. The van der Waals surface area contributed by atoms with E-state index >= 15 is 0 Å². The van der Waals surface area contributed by atoms with Crippen LogP contribution in [0.3, 0.4) is 0 Å². The van der Waals surface area contributed by atoms with Crippen LogP contribution in [-0.2, 0) is 43.2 Å². The van der Waals surface area contributed by atoms with E-state index in [1.807, 2.05) is 32.8 Å². The minimum Gasteiger partial charge on any atom is -0.355 e. The van der Waals surface area contributed by atoms with Gasteiger partial charge in [-0.2, -0.15) is 0 Å². The zero-order chi connectivity index (χ0) is 57.7. The van der Waals surface area contributed by atoms with E-state index in [0.29, 0.717) is 60.4 Å². The van der Waals surface area contributed by atoms with Crippen LogP contribution in [0, 0.1) is 5.92 Å². The van der Waals surface area contributed by atoms with E-state index in [2.05, 4.69) is 59.8 Å². The van der Waals surface area contributed by atoms with Gasteiger partial charge in [0.2, 0.25) is 53.2 Å². The number of hydrogen-bond acceptors (Lipinski definition) is 12. The first kappa shape index (κ1) is 64.9. The molecule has 1 unspecified atom stereocenters. The first-order valence-electron chi connectivity index (χ1n) is 26.7. The number of unbranched alkanes of at least 4 members (excludes halogenated alkanes) is 5. The average Bonchev–Trinajstić information content (AvgIpc) is 3.85. The van der Waals surface area contributed by atoms with Crippen LogP contribution in [0.25, 0.3) is 10.9 Å². The summed E-state index contributed by atoms with van der Waals surface area (Å²) in [5.41, 5.74) is -3.67. The number of nitrogens with zero attached hydrogens (tertiary/aromatic N) is 3. The Morgan fingerprint density at radius 3 is 2.01 bits per heavy atom. The van der Waals surface area contributed by atoms with Gasteiger partial charge in [0.1, 0.15) is 34.7 Å². The molecule has 0 spiro atoms. The summed E-state index contributed by atoms with van der Waals surface area (Å²) in [5.74, 6) is -5.95. The first-order valence-corrected chi connectivity index (χ1v) is 27.1. The monoisotopic (exact) mass is 1100 g/mol. The van der Waals surface area contributed by atoms with E-state index in [9.17, 15) is 47.9 Å². The van der Waals surface area contributed by atoms with Gasteiger partial charge in [-0.25, -0.2) is 0 Å². The van der Waals surface area contributed by atoms with Crippen LogP contribution in [0.15, 0.2) is 30.5 Å². The van der Waals surface area contributed by atoms with Gasteiger partial charge in [-0.3, -0.25) is 52.9 Å². The van der Waals surface area contributed by atoms with Crippen molar-refractivity contribution in [3.05, 3.63) is 41.0 Å². The Bertz CT molecular complexity index is 2410. The van der Waals surface area contributed by atoms with Crippen LogP contribution in [0.2, 0.25) is 5.02 Å². The van der Waals surface area contributed by atoms with E-state index in [0.717, 1.165) is 32.1 Å². The summed E-state index contributed by atoms with van der Waals surface area (Å²) in [5, 5.41) is 24.9. The summed E-state index contributed by atoms with van der Waals surface area (Å²) in [6.07, 6.45) is 8.53. The van der Waals surface area contributed by atoms with Crippen molar-refractivity contribution in [1.82, 2.24) is 62.6 Å². The number of fused-ring (bicyclic) bond motifs is 1. The smallest absolute Gasteiger partial charge is 0.255 e. The molecule has 2 aromatic rings. The van der Waals surface area contributed by atoms with Crippen molar-refractivity contribution < 1.29 is 47.9 Å². The number of rotatable bonds is 31. The number of benzene rings is 1. The van der Waals surface area contributed by atoms with Crippen LogP contribution in [0.5, 0.6) is 0 Å². The molecule has 1 saturated heterocycles. The second-order valence-electron chi connectivity index (χ2n) is 22.0. The Hall–Kier alpha value is -6.42. The molecule has 1 aromatic heterocycles. The average molecular weight is 1100 g/mol. The predicted octanol–water partition coefficient (Wildman–Crippen LogP) is 2.36. The highest BCUT2D eigenvalue weighted by Gasteiger charge is 2.40. The molecule has 0 saturated carbocycles. The Balaban J connectivity index is 1.56. The number of aromatic nitrogens is 1. The topological polar surface area (TPSA) is 298 Å². The second kappa shape index (κ2) is 30.5. The maximum atomic E-state index is 13.9. The lowest BCUT2D eigenvalue weighted by atomic mass is 9.97. The number of likely N-dealkylation sites (tertiary alicyclic amines) is 1. The van der Waals surface area contributed by atoms with Gasteiger partial charge in [0.05, 0.1) is 24.2 Å². The van der Waals surface area contributed by atoms with Gasteiger partial charge in [-0.05, 0) is 105 Å². The molecule has 1 aromatic carbocycles. The summed E-state index contributed by atoms with van der Waals surface area (Å²) >= 11 is 6.17. The molecule has 1 aliphatic heterocycles. The predicted molar refractivity (Wildman–Crippen MR) is 294 cm³/mol. The molecular formula is C54H85ClN12O10. The highest BCUT2D eigenvalue weighted by atomic mass is 35.5. The molecule has 0 bridgehead atoms. The molecule has 77 heavy (non-hydrogen) atoms. The van der Waals surface area contributed by atoms with Crippen molar-refractivity contribution >= 4 is 81.6 Å². The zero-order valence-electron chi connectivity index (χ0n) is 47.0. The van der Waals surface area contributed by atoms with Crippen molar-refractivity contribution in [3.8, 4) is 0 Å². The van der Waals surface area contributed by atoms with Gasteiger partial charge in [0, 0.05) is 49.2 Å². The molecule has 9 N–H and O–H groups in total. The van der Waals surface area contributed by atoms with Gasteiger partial charge >= 0.3 is 0 Å². The van der Waals surface area contributed by atoms with Crippen LogP contribution < -0.4 is 47.9 Å². The van der Waals surface area contributed by atoms with Crippen LogP contribution >= 0.6 is 11.6 Å². The maximum absolute atomic E-state index is 13.9. The molecule has 0 radical (unpaired) electrons. The first-order chi connectivity index (χ1) is 36.1. The van der Waals surface area contributed by atoms with Gasteiger partial charge in [0.15, 0.2) is 0 Å². The standard InChI is InChI=1S/C54H85ClN12O10/c1-12-13-14-15-16-17-19-38(62-47(73)41-20-18-28-67(41)48(74)37-23-25-56-39-31-35(55)21-22-36(37)39)45(71)59-33-44(70)63-52(4,5)50(76)60-32-43(69)61-40(30-34(2)3)46(72)64-54(8,9)51(77)65-53(6,7)49(75)58-26-24-42(68)57-27-29-66(10)11/h21-23,25,31,34,38,40-41H,12-20,24,26-30,32-33H2,1-11H3,(H,57,68)(H,58,75)(H,59,71)(H,60,76)(H,61,69)(H,62,73)(H,63,70)(H,64,72)(H,65,77)/t38-,40?,41-/m0/s1. The molecule has 3 atom stereocenters. The molecular weight excluding hydrogens is 1010 g/mol. The molecule has 1 fully saturated rings. The van der Waals surface area contributed by atoms with E-state index in [4.69, 9.17) is 11.6 Å². The number of amides is 10. The highest BCUT2D eigenvalue weighted by Crippen LogP contribution is 2.26. The van der Waals surface area contributed by atoms with Gasteiger partial charge < -0.3 is 57.7 Å². The van der Waals surface area contributed by atoms with E-state index in [1.54, 1.807) is 24.3 Å². The molecule has 22 nitrogen and oxygen atoms in total. The van der Waals surface area contributed by atoms with E-state index in [-0.39, 0.29) is 43.5 Å². The van der Waals surface area contributed by atoms with Crippen molar-refractivity contribution in [2.24, 2.45) is 5.92 Å². The molecule has 23 heteroatoms. The van der Waals surface area contributed by atoms with E-state index in [1.165, 1.54) is 52.6 Å². The lowest BCUT2D eigenvalue weighted by molar-refractivity contribution is -0.138. The third-order valence-electron chi connectivity index (χ3n) is 13.0. The van der Waals surface area contributed by atoms with Crippen LogP contribution in [0.1, 0.15) is 143 Å². The maximum Gasteiger partial charge on any atom is 0.255 e. The van der Waals surface area contributed by atoms with Crippen molar-refractivity contribution in [2.75, 3.05) is 53.4 Å². The van der Waals surface area contributed by atoms with Gasteiger partial charge in [-0.1, -0.05) is 77.0 Å². The van der Waals surface area contributed by atoms with E-state index < -0.39 is 95.1 Å². The number of likely N-dealkylation sites (N-methyl/N-ethyl adjacent to an activating group) is 1. The fraction of sp³-hybridized carbons (Fsp3) is 0.648. The highest BCUT2D eigenvalue weighted by molar-refractivity contribution is 6.31. The number of carbonyl (C=O) groups is 10. The number of halogens is 1. The van der Waals surface area contributed by atoms with Gasteiger partial charge in [0.25, 0.3) is 5.91 Å². The van der Waals surface area contributed by atoms with Crippen molar-refractivity contribution in [1.29, 1.82) is 0 Å². The molecule has 3 rings (SSSR count). The Morgan fingerprint density at radius 1 is 0.701 bits per heavy atom. The molecule has 2 heterocycles. The lowest BCUT2D eigenvalue weighted by Gasteiger charge is -2.33. The largest absolute Gasteiger partial charge is 0.355 e. The molecule has 428 valence electrons. The van der Waals surface area contributed by atoms with Crippen LogP contribution in [0.4, 0.5) is 0 Å². The summed E-state index contributed by atoms with van der Waals surface area (Å²) in [7, 11) is 3.76. The Kier molecular flexibility index (Phi) is 25.7. The third kappa shape index (κ3) is 21.5. The van der Waals surface area contributed by atoms with Crippen LogP contribution in [-0.4, -0.2) is 162 Å². The minimum atomic E-state index is -1.59. The fourth-order valence-electron chi connectivity index (χ4n) is 8.45. The lowest BCUT2D eigenvalue weighted by Crippen LogP contribution is -2.64. The second-order valence-corrected chi connectivity index (χ2v) is 22.4. The summed E-state index contributed by atoms with van der Waals surface area (Å²) in [6.45, 7) is 14.8. The third-order valence-corrected chi connectivity index (χ3v) is 13.2. The number of carbonyl (C=O) groups excluding carboxylic acids is 10. The minimum absolute atomic E-state index is 0.0376. The fourth-order valence-corrected chi connectivity index (χ4v) is 8.61. The molecule has 10 amide bonds. The SMILES string of the molecule is CCCCCCCC[C@H](NC(=O)[C@@H]1CCCN1C(=O)c1ccnc2cc(Cl)ccc12)C(=O)NCC(=O)NC(C)(C)C(=O)NCC(=O)NC(CC(C)C)C(=O)NC(C)(C)C(=O)NC(C)(C)C(=O)NCCC(=O)NCCN(C)C. The quantitative estimate of drug-likeness (QED) is 0.0492. The van der Waals surface area contributed by atoms with Gasteiger partial charge in [-0.15, -0.1) is 0 Å². The summed E-state index contributed by atoms with van der Waals surface area (Å²) in [6, 6.07) is 3.64. The molecule has 1 aliphatic rings. The Labute approximate surface area is 458 Å². The number of pyridine rings is 1. The van der Waals surface area contributed by atoms with Crippen molar-refractivity contribution in [2.45, 2.75) is 168 Å². The Morgan fingerprint density at radius 2 is 1.34 bits per heavy atom.